The van der Waals surface area contributed by atoms with Crippen LogP contribution in [0.5, 0.6) is 11.5 Å². The molecule has 1 saturated heterocycles. The van der Waals surface area contributed by atoms with Crippen molar-refractivity contribution in [3.05, 3.63) is 42.0 Å². The Bertz CT molecular complexity index is 1320. The van der Waals surface area contributed by atoms with Gasteiger partial charge in [0.1, 0.15) is 0 Å². The molecule has 1 aromatic heterocycles. The molecule has 3 aromatic rings. The molecule has 0 bridgehead atoms. The molecule has 2 aliphatic rings. The van der Waals surface area contributed by atoms with Gasteiger partial charge < -0.3 is 31.5 Å². The smallest absolute Gasteiger partial charge is 0.260 e. The van der Waals surface area contributed by atoms with Crippen molar-refractivity contribution < 1.29 is 39.8 Å². The second kappa shape index (κ2) is 11.5. The van der Waals surface area contributed by atoms with Crippen LogP contribution in [0.25, 0.3) is 10.2 Å². The molecule has 13 heteroatoms. The van der Waals surface area contributed by atoms with Gasteiger partial charge >= 0.3 is 0 Å². The molecule has 0 saturated carbocycles. The van der Waals surface area contributed by atoms with Crippen molar-refractivity contribution in [3.63, 3.8) is 0 Å². The summed E-state index contributed by atoms with van der Waals surface area (Å²) in [5.74, 6) is 1.07. The fourth-order valence-corrected chi connectivity index (χ4v) is 6.52. The number of aromatic nitrogens is 1. The van der Waals surface area contributed by atoms with Crippen molar-refractivity contribution in [3.8, 4) is 11.5 Å². The third-order valence-electron chi connectivity index (χ3n) is 6.04. The Kier molecular flexibility index (Phi) is 8.56. The summed E-state index contributed by atoms with van der Waals surface area (Å²) in [4.78, 5) is 22.2. The van der Waals surface area contributed by atoms with Crippen molar-refractivity contribution in [2.45, 2.75) is 11.3 Å². The molecule has 0 aliphatic carbocycles. The zero-order chi connectivity index (χ0) is 25.3. The quantitative estimate of drug-likeness (QED) is 0.364. The number of nitrogens with zero attached hydrogens (tertiary/aromatic N) is 4. The van der Waals surface area contributed by atoms with E-state index in [2.05, 4.69) is 4.90 Å². The van der Waals surface area contributed by atoms with Crippen molar-refractivity contribution in [2.75, 3.05) is 65.2 Å². The SMILES string of the molecule is CN(C)CCCN(C(=O)c1ccc(S(=O)(=O)N2CCOCC2)cc1)c1nc2cc3c(cc2s1)OCO3.[Cl-]. The number of morpholine rings is 1. The minimum absolute atomic E-state index is 0. The fraction of sp³-hybridized carbons (Fsp3) is 0.417. The van der Waals surface area contributed by atoms with E-state index in [9.17, 15) is 13.2 Å². The molecule has 0 radical (unpaired) electrons. The van der Waals surface area contributed by atoms with Gasteiger partial charge in [0.25, 0.3) is 5.91 Å². The minimum atomic E-state index is -3.63. The fourth-order valence-electron chi connectivity index (χ4n) is 4.11. The van der Waals surface area contributed by atoms with Crippen LogP contribution in [-0.4, -0.2) is 88.8 Å². The first-order valence-electron chi connectivity index (χ1n) is 11.7. The van der Waals surface area contributed by atoms with Gasteiger partial charge in [-0.25, -0.2) is 13.4 Å². The Balaban J connectivity index is 0.00000320. The number of benzene rings is 2. The predicted molar refractivity (Wildman–Crippen MR) is 137 cm³/mol. The molecule has 1 amide bonds. The van der Waals surface area contributed by atoms with Crippen LogP contribution in [-0.2, 0) is 14.8 Å². The van der Waals surface area contributed by atoms with Crippen LogP contribution in [0, 0.1) is 0 Å². The molecule has 0 atom stereocenters. The summed E-state index contributed by atoms with van der Waals surface area (Å²) in [5, 5.41) is 0.572. The molecular weight excluding hydrogens is 540 g/mol. The van der Waals surface area contributed by atoms with E-state index in [1.165, 1.54) is 27.8 Å². The van der Waals surface area contributed by atoms with Crippen LogP contribution in [0.1, 0.15) is 16.8 Å². The molecule has 3 heterocycles. The zero-order valence-corrected chi connectivity index (χ0v) is 22.9. The summed E-state index contributed by atoms with van der Waals surface area (Å²) in [5.41, 5.74) is 1.13. The number of carbonyl (C=O) groups is 1. The van der Waals surface area contributed by atoms with Crippen LogP contribution in [0.3, 0.4) is 0 Å². The van der Waals surface area contributed by atoms with Crippen molar-refractivity contribution in [1.82, 2.24) is 14.2 Å². The van der Waals surface area contributed by atoms with Crippen LogP contribution in [0.15, 0.2) is 41.3 Å². The van der Waals surface area contributed by atoms with Crippen LogP contribution in [0.4, 0.5) is 5.13 Å². The maximum absolute atomic E-state index is 13.6. The van der Waals surface area contributed by atoms with Gasteiger partial charge in [-0.1, -0.05) is 11.3 Å². The molecule has 0 spiro atoms. The lowest BCUT2D eigenvalue weighted by atomic mass is 10.2. The van der Waals surface area contributed by atoms with Crippen LogP contribution < -0.4 is 26.8 Å². The first-order valence-corrected chi connectivity index (χ1v) is 13.9. The third kappa shape index (κ3) is 5.84. The summed E-state index contributed by atoms with van der Waals surface area (Å²) < 4.78 is 44.4. The summed E-state index contributed by atoms with van der Waals surface area (Å²) >= 11 is 1.41. The number of fused-ring (bicyclic) bond motifs is 2. The zero-order valence-electron chi connectivity index (χ0n) is 20.6. The summed E-state index contributed by atoms with van der Waals surface area (Å²) in [6.45, 7) is 2.85. The topological polar surface area (TPSA) is 102 Å². The third-order valence-corrected chi connectivity index (χ3v) is 9.00. The van der Waals surface area contributed by atoms with Crippen LogP contribution >= 0.6 is 11.3 Å². The number of ether oxygens (including phenoxy) is 3. The molecule has 5 rings (SSSR count). The highest BCUT2D eigenvalue weighted by Gasteiger charge is 2.28. The average molecular weight is 568 g/mol. The number of thiazole rings is 1. The van der Waals surface area contributed by atoms with E-state index in [1.54, 1.807) is 17.0 Å². The molecule has 0 N–H and O–H groups in total. The lowest BCUT2D eigenvalue weighted by Crippen LogP contribution is -3.00. The number of amides is 1. The average Bonchev–Trinajstić information content (AvgIpc) is 3.51. The number of anilines is 1. The van der Waals surface area contributed by atoms with Gasteiger partial charge in [-0.3, -0.25) is 9.69 Å². The minimum Gasteiger partial charge on any atom is -1.00 e. The van der Waals surface area contributed by atoms with Crippen molar-refractivity contribution >= 4 is 42.6 Å². The monoisotopic (exact) mass is 567 g/mol. The first kappa shape index (κ1) is 27.6. The lowest BCUT2D eigenvalue weighted by molar-refractivity contribution is -0.0000192. The molecule has 0 unspecified atom stereocenters. The van der Waals surface area contributed by atoms with E-state index >= 15 is 0 Å². The molecule has 10 nitrogen and oxygen atoms in total. The van der Waals surface area contributed by atoms with E-state index in [0.29, 0.717) is 55.0 Å². The molecule has 200 valence electrons. The van der Waals surface area contributed by atoms with E-state index in [0.717, 1.165) is 23.2 Å². The summed E-state index contributed by atoms with van der Waals surface area (Å²) in [7, 11) is 0.336. The van der Waals surface area contributed by atoms with E-state index in [-0.39, 0.29) is 30.0 Å². The maximum atomic E-state index is 13.6. The Morgan fingerprint density at radius 1 is 1.05 bits per heavy atom. The van der Waals surface area contributed by atoms with Gasteiger partial charge in [0, 0.05) is 37.3 Å². The molecule has 1 fully saturated rings. The van der Waals surface area contributed by atoms with E-state index < -0.39 is 10.0 Å². The lowest BCUT2D eigenvalue weighted by Gasteiger charge is -2.26. The highest BCUT2D eigenvalue weighted by molar-refractivity contribution is 7.89. The van der Waals surface area contributed by atoms with Gasteiger partial charge in [0.05, 0.1) is 28.3 Å². The normalized spacial score (nSPS) is 15.6. The van der Waals surface area contributed by atoms with Gasteiger partial charge in [0.15, 0.2) is 16.6 Å². The highest BCUT2D eigenvalue weighted by Crippen LogP contribution is 2.40. The molecular formula is C24H28ClN4O6S2-. The Hall–Kier alpha value is -2.48. The summed E-state index contributed by atoms with van der Waals surface area (Å²) in [6.07, 6.45) is 0.751. The molecule has 37 heavy (non-hydrogen) atoms. The van der Waals surface area contributed by atoms with Crippen molar-refractivity contribution in [2.24, 2.45) is 0 Å². The van der Waals surface area contributed by atoms with Crippen LogP contribution in [0.2, 0.25) is 0 Å². The second-order valence-corrected chi connectivity index (χ2v) is 11.8. The van der Waals surface area contributed by atoms with Gasteiger partial charge in [0.2, 0.25) is 16.8 Å². The largest absolute Gasteiger partial charge is 1.00 e. The number of hydrogen-bond donors (Lipinski definition) is 0. The number of sulfonamides is 1. The maximum Gasteiger partial charge on any atom is 0.260 e. The Morgan fingerprint density at radius 3 is 2.41 bits per heavy atom. The van der Waals surface area contributed by atoms with E-state index in [4.69, 9.17) is 19.2 Å². The molecule has 2 aliphatic heterocycles. The van der Waals surface area contributed by atoms with Gasteiger partial charge in [-0.05, 0) is 51.3 Å². The standard InChI is InChI=1S/C24H28N4O6S2.ClH/c1-26(2)8-3-9-28(24-25-19-14-20-21(34-16-33-20)15-22(19)35-24)23(29)17-4-6-18(7-5-17)36(30,31)27-10-12-32-13-11-27;/h4-7,14-15H,3,8-13,16H2,1-2H3;1H/p-1. The number of rotatable bonds is 8. The van der Waals surface area contributed by atoms with E-state index in [1.807, 2.05) is 26.2 Å². The van der Waals surface area contributed by atoms with Gasteiger partial charge in [-0.15, -0.1) is 0 Å². The van der Waals surface area contributed by atoms with Crippen molar-refractivity contribution in [1.29, 1.82) is 0 Å². The number of carbonyl (C=O) groups excluding carboxylic acids is 1. The second-order valence-electron chi connectivity index (χ2n) is 8.82. The Morgan fingerprint density at radius 2 is 1.73 bits per heavy atom. The summed E-state index contributed by atoms with van der Waals surface area (Å²) in [6, 6.07) is 9.83. The Labute approximate surface area is 226 Å². The first-order chi connectivity index (χ1) is 17.3. The predicted octanol–water partition coefficient (Wildman–Crippen LogP) is -0.352. The van der Waals surface area contributed by atoms with Gasteiger partial charge in [-0.2, -0.15) is 4.31 Å². The highest BCUT2D eigenvalue weighted by atomic mass is 35.5. The number of halogens is 1. The number of hydrogen-bond acceptors (Lipinski definition) is 9. The molecule has 2 aromatic carbocycles.